The van der Waals surface area contributed by atoms with E-state index in [-0.39, 0.29) is 23.6 Å². The highest BCUT2D eigenvalue weighted by Gasteiger charge is 2.46. The first-order chi connectivity index (χ1) is 14.9. The fourth-order valence-corrected chi connectivity index (χ4v) is 3.97. The second-order valence-corrected chi connectivity index (χ2v) is 8.20. The molecule has 0 spiro atoms. The molecule has 1 saturated heterocycles. The van der Waals surface area contributed by atoms with Gasteiger partial charge in [0.15, 0.2) is 0 Å². The molecule has 0 bridgehead atoms. The molecule has 0 aliphatic carbocycles. The van der Waals surface area contributed by atoms with Gasteiger partial charge >= 0.3 is 0 Å². The summed E-state index contributed by atoms with van der Waals surface area (Å²) in [6.45, 7) is 2.00. The number of Topliss-reactive ketones (excluding diaryl/α,β-unsaturated/α-hetero) is 1. The van der Waals surface area contributed by atoms with E-state index in [1.807, 2.05) is 13.0 Å². The zero-order valence-corrected chi connectivity index (χ0v) is 18.2. The van der Waals surface area contributed by atoms with Crippen molar-refractivity contribution in [3.8, 4) is 5.75 Å². The summed E-state index contributed by atoms with van der Waals surface area (Å²) in [7, 11) is 0. The molecule has 2 aromatic carbocycles. The van der Waals surface area contributed by atoms with Crippen molar-refractivity contribution in [1.29, 1.82) is 0 Å². The predicted molar refractivity (Wildman–Crippen MR) is 119 cm³/mol. The van der Waals surface area contributed by atoms with E-state index in [0.717, 1.165) is 15.6 Å². The average Bonchev–Trinajstić information content (AvgIpc) is 3.01. The van der Waals surface area contributed by atoms with E-state index < -0.39 is 17.7 Å². The minimum atomic E-state index is -0.851. The number of amides is 1. The van der Waals surface area contributed by atoms with Gasteiger partial charge in [-0.05, 0) is 53.9 Å². The lowest BCUT2D eigenvalue weighted by molar-refractivity contribution is -0.140. The molecule has 1 aliphatic rings. The monoisotopic (exact) mass is 478 g/mol. The Bertz CT molecular complexity index is 1210. The number of aromatic hydroxyl groups is 1. The number of ketones is 1. The Balaban J connectivity index is 1.88. The highest BCUT2D eigenvalue weighted by atomic mass is 79.9. The Morgan fingerprint density at radius 3 is 2.61 bits per heavy atom. The number of aryl methyl sites for hydroxylation is 1. The smallest absolute Gasteiger partial charge is 0.295 e. The first kappa shape index (κ1) is 20.8. The van der Waals surface area contributed by atoms with Gasteiger partial charge in [0.1, 0.15) is 11.5 Å². The van der Waals surface area contributed by atoms with Gasteiger partial charge in [-0.2, -0.15) is 0 Å². The maximum Gasteiger partial charge on any atom is 0.295 e. The summed E-state index contributed by atoms with van der Waals surface area (Å²) in [5.74, 6) is -1.73. The van der Waals surface area contributed by atoms with Crippen LogP contribution >= 0.6 is 15.9 Å². The van der Waals surface area contributed by atoms with Crippen molar-refractivity contribution in [3.63, 3.8) is 0 Å². The van der Waals surface area contributed by atoms with Crippen LogP contribution in [0.1, 0.15) is 28.3 Å². The van der Waals surface area contributed by atoms with Gasteiger partial charge < -0.3 is 15.1 Å². The van der Waals surface area contributed by atoms with Crippen molar-refractivity contribution in [3.05, 3.63) is 99.3 Å². The first-order valence-corrected chi connectivity index (χ1v) is 10.4. The normalized spacial score (nSPS) is 17.9. The molecule has 1 atom stereocenters. The van der Waals surface area contributed by atoms with Crippen molar-refractivity contribution in [2.45, 2.75) is 19.5 Å². The van der Waals surface area contributed by atoms with Gasteiger partial charge in [-0.15, -0.1) is 0 Å². The van der Waals surface area contributed by atoms with E-state index in [1.54, 1.807) is 48.8 Å². The van der Waals surface area contributed by atoms with Gasteiger partial charge in [0, 0.05) is 29.0 Å². The lowest BCUT2D eigenvalue weighted by Gasteiger charge is -2.25. The van der Waals surface area contributed by atoms with Crippen LogP contribution in [0.4, 0.5) is 0 Å². The van der Waals surface area contributed by atoms with Crippen molar-refractivity contribution >= 4 is 33.4 Å². The van der Waals surface area contributed by atoms with Gasteiger partial charge in [-0.3, -0.25) is 14.6 Å². The lowest BCUT2D eigenvalue weighted by atomic mass is 9.94. The highest BCUT2D eigenvalue weighted by molar-refractivity contribution is 9.10. The Morgan fingerprint density at radius 1 is 1.13 bits per heavy atom. The third kappa shape index (κ3) is 3.96. The fraction of sp³-hybridized carbons (Fsp3) is 0.125. The maximum atomic E-state index is 13.0. The van der Waals surface area contributed by atoms with Gasteiger partial charge in [0.2, 0.25) is 0 Å². The van der Waals surface area contributed by atoms with Crippen LogP contribution < -0.4 is 0 Å². The van der Waals surface area contributed by atoms with Crippen molar-refractivity contribution in [2.24, 2.45) is 0 Å². The van der Waals surface area contributed by atoms with Crippen LogP contribution in [-0.2, 0) is 16.1 Å². The quantitative estimate of drug-likeness (QED) is 0.327. The number of pyridine rings is 1. The number of halogens is 1. The molecule has 1 unspecified atom stereocenters. The van der Waals surface area contributed by atoms with Gasteiger partial charge in [-0.25, -0.2) is 0 Å². The van der Waals surface area contributed by atoms with Crippen molar-refractivity contribution < 1.29 is 19.8 Å². The molecule has 0 saturated carbocycles. The number of benzene rings is 2. The maximum absolute atomic E-state index is 13.0. The molecule has 1 amide bonds. The molecule has 0 radical (unpaired) electrons. The van der Waals surface area contributed by atoms with E-state index >= 15 is 0 Å². The summed E-state index contributed by atoms with van der Waals surface area (Å²) >= 11 is 3.43. The van der Waals surface area contributed by atoms with Crippen LogP contribution in [0, 0.1) is 6.92 Å². The summed E-state index contributed by atoms with van der Waals surface area (Å²) in [5.41, 5.74) is 2.57. The zero-order valence-electron chi connectivity index (χ0n) is 16.6. The molecule has 156 valence electrons. The summed E-state index contributed by atoms with van der Waals surface area (Å²) < 4.78 is 0.866. The number of aliphatic hydroxyl groups excluding tert-OH is 1. The molecule has 2 N–H and O–H groups in total. The van der Waals surface area contributed by atoms with E-state index in [0.29, 0.717) is 11.1 Å². The van der Waals surface area contributed by atoms with Crippen LogP contribution in [0.5, 0.6) is 5.75 Å². The number of rotatable bonds is 4. The number of aromatic nitrogens is 1. The predicted octanol–water partition coefficient (Wildman–Crippen LogP) is 4.48. The summed E-state index contributed by atoms with van der Waals surface area (Å²) in [5, 5.41) is 21.1. The first-order valence-electron chi connectivity index (χ1n) is 9.59. The SMILES string of the molecule is Cc1cc(/C(O)=C2/C(=O)C(=O)N(Cc3cccnc3)C2c2cccc(O)c2)ccc1Br. The number of carbonyl (C=O) groups excluding carboxylic acids is 2. The molecule has 1 aliphatic heterocycles. The van der Waals surface area contributed by atoms with Crippen LogP contribution in [0.3, 0.4) is 0 Å². The minimum absolute atomic E-state index is 0.00366. The zero-order chi connectivity index (χ0) is 22.1. The molecule has 3 aromatic rings. The number of hydrogen-bond acceptors (Lipinski definition) is 5. The molecule has 7 heteroatoms. The van der Waals surface area contributed by atoms with Crippen molar-refractivity contribution in [2.75, 3.05) is 0 Å². The van der Waals surface area contributed by atoms with Gasteiger partial charge in [0.05, 0.1) is 11.6 Å². The number of aliphatic hydroxyl groups is 1. The third-order valence-electron chi connectivity index (χ3n) is 5.23. The molecule has 4 rings (SSSR count). The van der Waals surface area contributed by atoms with E-state index in [1.165, 1.54) is 17.0 Å². The molecule has 6 nitrogen and oxygen atoms in total. The van der Waals surface area contributed by atoms with Gasteiger partial charge in [0.25, 0.3) is 11.7 Å². The van der Waals surface area contributed by atoms with Crippen LogP contribution in [0.2, 0.25) is 0 Å². The Morgan fingerprint density at radius 2 is 1.94 bits per heavy atom. The average molecular weight is 479 g/mol. The van der Waals surface area contributed by atoms with E-state index in [4.69, 9.17) is 0 Å². The standard InChI is InChI=1S/C24H19BrN2O4/c1-14-10-17(7-8-19(14)25)22(29)20-21(16-5-2-6-18(28)11-16)27(24(31)23(20)30)13-15-4-3-9-26-12-15/h2-12,21,28-29H,13H2,1H3/b22-20-. The number of likely N-dealkylation sites (tertiary alicyclic amines) is 1. The highest BCUT2D eigenvalue weighted by Crippen LogP contribution is 2.41. The third-order valence-corrected chi connectivity index (χ3v) is 6.12. The summed E-state index contributed by atoms with van der Waals surface area (Å²) in [4.78, 5) is 31.5. The Hall–Kier alpha value is -3.45. The van der Waals surface area contributed by atoms with Crippen LogP contribution in [0.15, 0.2) is 77.0 Å². The number of carbonyl (C=O) groups is 2. The Labute approximate surface area is 187 Å². The number of phenolic OH excluding ortho intramolecular Hbond substituents is 1. The number of hydrogen-bond donors (Lipinski definition) is 2. The fourth-order valence-electron chi connectivity index (χ4n) is 3.72. The molecular formula is C24H19BrN2O4. The Kier molecular flexibility index (Phi) is 5.61. The van der Waals surface area contributed by atoms with E-state index in [2.05, 4.69) is 20.9 Å². The van der Waals surface area contributed by atoms with E-state index in [9.17, 15) is 19.8 Å². The topological polar surface area (TPSA) is 90.7 Å². The number of phenols is 1. The molecule has 31 heavy (non-hydrogen) atoms. The molecular weight excluding hydrogens is 460 g/mol. The second kappa shape index (κ2) is 8.35. The molecule has 2 heterocycles. The second-order valence-electron chi connectivity index (χ2n) is 7.35. The lowest BCUT2D eigenvalue weighted by Crippen LogP contribution is -2.29. The summed E-state index contributed by atoms with van der Waals surface area (Å²) in [6.07, 6.45) is 3.25. The largest absolute Gasteiger partial charge is 0.508 e. The molecule has 1 aromatic heterocycles. The summed E-state index contributed by atoms with van der Waals surface area (Å²) in [6, 6.07) is 14.3. The van der Waals surface area contributed by atoms with Gasteiger partial charge in [-0.1, -0.05) is 40.2 Å². The number of nitrogens with zero attached hydrogens (tertiary/aromatic N) is 2. The van der Waals surface area contributed by atoms with Crippen LogP contribution in [-0.4, -0.2) is 31.8 Å². The minimum Gasteiger partial charge on any atom is -0.508 e. The van der Waals surface area contributed by atoms with Crippen molar-refractivity contribution in [1.82, 2.24) is 9.88 Å². The van der Waals surface area contributed by atoms with Crippen LogP contribution in [0.25, 0.3) is 5.76 Å². The molecule has 1 fully saturated rings.